The summed E-state index contributed by atoms with van der Waals surface area (Å²) in [6, 6.07) is 9.04. The third-order valence-electron chi connectivity index (χ3n) is 3.96. The zero-order valence-corrected chi connectivity index (χ0v) is 14.5. The minimum atomic E-state index is -4.02. The van der Waals surface area contributed by atoms with Crippen LogP contribution in [0, 0.1) is 15.9 Å². The van der Waals surface area contributed by atoms with Crippen LogP contribution in [0.2, 0.25) is 5.02 Å². The van der Waals surface area contributed by atoms with Crippen LogP contribution in [0.25, 0.3) is 0 Å². The van der Waals surface area contributed by atoms with E-state index in [1.807, 2.05) is 0 Å². The van der Waals surface area contributed by atoms with Gasteiger partial charge in [0.25, 0.3) is 5.69 Å². The smallest absolute Gasteiger partial charge is 0.258 e. The highest BCUT2D eigenvalue weighted by Gasteiger charge is 2.39. The number of benzene rings is 2. The Labute approximate surface area is 149 Å². The van der Waals surface area contributed by atoms with Gasteiger partial charge >= 0.3 is 0 Å². The second kappa shape index (κ2) is 6.70. The molecule has 0 N–H and O–H groups in total. The third kappa shape index (κ3) is 3.65. The van der Waals surface area contributed by atoms with Crippen LogP contribution in [-0.2, 0) is 16.6 Å². The predicted molar refractivity (Wildman–Crippen MR) is 90.3 cm³/mol. The van der Waals surface area contributed by atoms with Crippen molar-refractivity contribution in [3.63, 3.8) is 0 Å². The Morgan fingerprint density at radius 1 is 1.24 bits per heavy atom. The van der Waals surface area contributed by atoms with Gasteiger partial charge in [0.2, 0.25) is 10.0 Å². The van der Waals surface area contributed by atoms with Crippen LogP contribution in [0.5, 0.6) is 0 Å². The Balaban J connectivity index is 2.00. The van der Waals surface area contributed by atoms with E-state index in [0.717, 1.165) is 6.07 Å². The Bertz CT molecular complexity index is 931. The fourth-order valence-corrected chi connectivity index (χ4v) is 4.37. The zero-order chi connectivity index (χ0) is 18.2. The first-order valence-electron chi connectivity index (χ1n) is 7.50. The van der Waals surface area contributed by atoms with Crippen molar-refractivity contribution in [3.8, 4) is 0 Å². The highest BCUT2D eigenvalue weighted by molar-refractivity contribution is 7.89. The third-order valence-corrected chi connectivity index (χ3v) is 6.17. The van der Waals surface area contributed by atoms with E-state index in [1.54, 1.807) is 6.07 Å². The maximum Gasteiger partial charge on any atom is 0.289 e. The largest absolute Gasteiger partial charge is 0.289 e. The van der Waals surface area contributed by atoms with Crippen LogP contribution < -0.4 is 0 Å². The number of sulfonamides is 1. The highest BCUT2D eigenvalue weighted by atomic mass is 35.5. The van der Waals surface area contributed by atoms with Gasteiger partial charge in [-0.1, -0.05) is 29.8 Å². The number of hydrogen-bond acceptors (Lipinski definition) is 4. The molecular formula is C16H14ClFN2O4S. The van der Waals surface area contributed by atoms with Crippen molar-refractivity contribution in [2.75, 3.05) is 0 Å². The van der Waals surface area contributed by atoms with Gasteiger partial charge in [-0.3, -0.25) is 10.1 Å². The average Bonchev–Trinajstić information content (AvgIpc) is 3.38. The normalized spacial score (nSPS) is 14.7. The quantitative estimate of drug-likeness (QED) is 0.561. The van der Waals surface area contributed by atoms with Crippen LogP contribution in [0.3, 0.4) is 0 Å². The van der Waals surface area contributed by atoms with Crippen molar-refractivity contribution < 1.29 is 17.7 Å². The Morgan fingerprint density at radius 3 is 2.52 bits per heavy atom. The lowest BCUT2D eigenvalue weighted by Crippen LogP contribution is -2.33. The molecule has 0 atom stereocenters. The molecule has 1 fully saturated rings. The molecule has 25 heavy (non-hydrogen) atoms. The first-order valence-corrected chi connectivity index (χ1v) is 9.31. The number of halogens is 2. The second-order valence-electron chi connectivity index (χ2n) is 5.74. The molecule has 2 aromatic rings. The van der Waals surface area contributed by atoms with Gasteiger partial charge in [0.05, 0.1) is 9.82 Å². The Kier molecular flexibility index (Phi) is 4.77. The summed E-state index contributed by atoms with van der Waals surface area (Å²) in [5.74, 6) is -0.495. The molecule has 0 saturated heterocycles. The molecule has 0 aliphatic heterocycles. The number of nitrogens with zero attached hydrogens (tertiary/aromatic N) is 2. The molecule has 0 radical (unpaired) electrons. The molecule has 0 amide bonds. The molecule has 3 rings (SSSR count). The van der Waals surface area contributed by atoms with Gasteiger partial charge < -0.3 is 0 Å². The van der Waals surface area contributed by atoms with Gasteiger partial charge in [0.15, 0.2) is 0 Å². The summed E-state index contributed by atoms with van der Waals surface area (Å²) in [6.07, 6.45) is 1.34. The van der Waals surface area contributed by atoms with E-state index in [9.17, 15) is 22.9 Å². The fourth-order valence-electron chi connectivity index (χ4n) is 2.50. The van der Waals surface area contributed by atoms with Crippen molar-refractivity contribution in [1.82, 2.24) is 4.31 Å². The summed E-state index contributed by atoms with van der Waals surface area (Å²) in [7, 11) is -4.02. The monoisotopic (exact) mass is 384 g/mol. The standard InChI is InChI=1S/C16H14ClFN2O4S/c17-14-8-7-13(9-16(14)20(21)22)25(23,24)19(12-5-6-12)10-11-3-1-2-4-15(11)18/h1-4,7-9,12H,5-6,10H2. The minimum Gasteiger partial charge on any atom is -0.258 e. The molecule has 1 aliphatic rings. The molecule has 1 aliphatic carbocycles. The van der Waals surface area contributed by atoms with E-state index >= 15 is 0 Å². The van der Waals surface area contributed by atoms with Gasteiger partial charge in [0, 0.05) is 24.2 Å². The minimum absolute atomic E-state index is 0.129. The van der Waals surface area contributed by atoms with Gasteiger partial charge in [0.1, 0.15) is 10.8 Å². The van der Waals surface area contributed by atoms with Crippen LogP contribution in [0.15, 0.2) is 47.4 Å². The molecule has 6 nitrogen and oxygen atoms in total. The van der Waals surface area contributed by atoms with Crippen LogP contribution >= 0.6 is 11.6 Å². The van der Waals surface area contributed by atoms with E-state index in [2.05, 4.69) is 0 Å². The van der Waals surface area contributed by atoms with Crippen molar-refractivity contribution in [1.29, 1.82) is 0 Å². The van der Waals surface area contributed by atoms with Crippen molar-refractivity contribution in [2.24, 2.45) is 0 Å². The van der Waals surface area contributed by atoms with E-state index < -0.39 is 26.5 Å². The summed E-state index contributed by atoms with van der Waals surface area (Å²) in [4.78, 5) is 10.0. The average molecular weight is 385 g/mol. The lowest BCUT2D eigenvalue weighted by Gasteiger charge is -2.22. The number of nitro benzene ring substituents is 1. The van der Waals surface area contributed by atoms with E-state index in [1.165, 1.54) is 34.6 Å². The summed E-state index contributed by atoms with van der Waals surface area (Å²) in [5, 5.41) is 10.9. The molecule has 132 valence electrons. The first kappa shape index (κ1) is 17.8. The molecule has 0 bridgehead atoms. The molecular weight excluding hydrogens is 371 g/mol. The van der Waals surface area contributed by atoms with Gasteiger partial charge in [-0.05, 0) is 31.0 Å². The Morgan fingerprint density at radius 2 is 1.92 bits per heavy atom. The Hall–Kier alpha value is -2.03. The summed E-state index contributed by atoms with van der Waals surface area (Å²) < 4.78 is 41.0. The molecule has 0 heterocycles. The topological polar surface area (TPSA) is 80.5 Å². The first-order chi connectivity index (χ1) is 11.8. The number of nitro groups is 1. The SMILES string of the molecule is O=[N+]([O-])c1cc(S(=O)(=O)N(Cc2ccccc2F)C2CC2)ccc1Cl. The molecule has 9 heteroatoms. The van der Waals surface area contributed by atoms with Crippen LogP contribution in [0.4, 0.5) is 10.1 Å². The van der Waals surface area contributed by atoms with Crippen molar-refractivity contribution in [2.45, 2.75) is 30.3 Å². The summed E-state index contributed by atoms with van der Waals surface area (Å²) in [5.41, 5.74) is -0.231. The summed E-state index contributed by atoms with van der Waals surface area (Å²) in [6.45, 7) is -0.129. The van der Waals surface area contributed by atoms with Crippen LogP contribution in [-0.4, -0.2) is 23.7 Å². The predicted octanol–water partition coefficient (Wildman–Crippen LogP) is 3.74. The van der Waals surface area contributed by atoms with E-state index in [-0.39, 0.29) is 28.1 Å². The molecule has 0 unspecified atom stereocenters. The highest BCUT2D eigenvalue weighted by Crippen LogP contribution is 2.35. The van der Waals surface area contributed by atoms with E-state index in [4.69, 9.17) is 11.6 Å². The number of rotatable bonds is 6. The number of hydrogen-bond donors (Lipinski definition) is 0. The zero-order valence-electron chi connectivity index (χ0n) is 12.9. The van der Waals surface area contributed by atoms with Crippen molar-refractivity contribution in [3.05, 3.63) is 69.0 Å². The maximum absolute atomic E-state index is 13.9. The molecule has 2 aromatic carbocycles. The van der Waals surface area contributed by atoms with Crippen molar-refractivity contribution >= 4 is 27.3 Å². The summed E-state index contributed by atoms with van der Waals surface area (Å²) >= 11 is 5.75. The molecule has 0 aromatic heterocycles. The fraction of sp³-hybridized carbons (Fsp3) is 0.250. The van der Waals surface area contributed by atoms with Gasteiger partial charge in [-0.2, -0.15) is 4.31 Å². The lowest BCUT2D eigenvalue weighted by molar-refractivity contribution is -0.384. The maximum atomic E-state index is 13.9. The second-order valence-corrected chi connectivity index (χ2v) is 8.04. The molecule has 1 saturated carbocycles. The molecule has 0 spiro atoms. The lowest BCUT2D eigenvalue weighted by atomic mass is 10.2. The van der Waals surface area contributed by atoms with Gasteiger partial charge in [-0.15, -0.1) is 0 Å². The van der Waals surface area contributed by atoms with Crippen LogP contribution in [0.1, 0.15) is 18.4 Å². The van der Waals surface area contributed by atoms with Gasteiger partial charge in [-0.25, -0.2) is 12.8 Å². The van der Waals surface area contributed by atoms with E-state index in [0.29, 0.717) is 12.8 Å².